The van der Waals surface area contributed by atoms with Crippen molar-refractivity contribution >= 4 is 42.4 Å². The van der Waals surface area contributed by atoms with Gasteiger partial charge in [-0.05, 0) is 42.5 Å². The first kappa shape index (κ1) is 18.4. The summed E-state index contributed by atoms with van der Waals surface area (Å²) in [7, 11) is -3.42. The number of rotatable bonds is 5. The predicted octanol–water partition coefficient (Wildman–Crippen LogP) is 4.14. The fraction of sp³-hybridized carbons (Fsp3) is 0.100. The lowest BCUT2D eigenvalue weighted by atomic mass is 10.2. The highest BCUT2D eigenvalue weighted by atomic mass is 32.2. The molecule has 0 bridgehead atoms. The minimum absolute atomic E-state index is 0.0978. The first-order valence-corrected chi connectivity index (χ1v) is 11.1. The Morgan fingerprint density at radius 2 is 1.93 bits per heavy atom. The molecule has 0 N–H and O–H groups in total. The molecule has 0 aliphatic heterocycles. The lowest BCUT2D eigenvalue weighted by Crippen LogP contribution is -2.30. The topological polar surface area (TPSA) is 80.5 Å². The van der Waals surface area contributed by atoms with Gasteiger partial charge < -0.3 is 4.42 Å². The number of sulfone groups is 1. The summed E-state index contributed by atoms with van der Waals surface area (Å²) in [4.78, 5) is 19.5. The number of nitrogens with zero attached hydrogens (tertiary/aromatic N) is 2. The van der Waals surface area contributed by atoms with Crippen LogP contribution in [-0.2, 0) is 16.4 Å². The van der Waals surface area contributed by atoms with E-state index < -0.39 is 9.84 Å². The van der Waals surface area contributed by atoms with E-state index in [1.54, 1.807) is 30.5 Å². The molecule has 0 unspecified atom stereocenters. The van der Waals surface area contributed by atoms with Crippen molar-refractivity contribution in [2.45, 2.75) is 11.4 Å². The van der Waals surface area contributed by atoms with E-state index >= 15 is 0 Å². The van der Waals surface area contributed by atoms with Crippen molar-refractivity contribution in [2.75, 3.05) is 11.2 Å². The summed E-state index contributed by atoms with van der Waals surface area (Å²) in [6.45, 7) is 0.189. The van der Waals surface area contributed by atoms with Crippen molar-refractivity contribution in [2.24, 2.45) is 0 Å². The minimum Gasteiger partial charge on any atom is -0.467 e. The van der Waals surface area contributed by atoms with Gasteiger partial charge in [0.05, 0.1) is 27.9 Å². The summed E-state index contributed by atoms with van der Waals surface area (Å²) in [5.74, 6) is 0.257. The summed E-state index contributed by atoms with van der Waals surface area (Å²) in [5.41, 5.74) is 1.07. The largest absolute Gasteiger partial charge is 0.467 e. The van der Waals surface area contributed by atoms with E-state index in [4.69, 9.17) is 4.42 Å². The zero-order valence-corrected chi connectivity index (χ0v) is 16.5. The van der Waals surface area contributed by atoms with Gasteiger partial charge >= 0.3 is 0 Å². The van der Waals surface area contributed by atoms with E-state index in [-0.39, 0.29) is 22.9 Å². The van der Waals surface area contributed by atoms with Gasteiger partial charge in [-0.2, -0.15) is 0 Å². The molecule has 4 rings (SSSR count). The molecule has 2 aromatic heterocycles. The number of hydrogen-bond acceptors (Lipinski definition) is 6. The second-order valence-corrected chi connectivity index (χ2v) is 9.26. The van der Waals surface area contributed by atoms with Crippen LogP contribution in [0.3, 0.4) is 0 Å². The monoisotopic (exact) mass is 412 g/mol. The Kier molecular flexibility index (Phi) is 4.74. The van der Waals surface area contributed by atoms with Crippen LogP contribution in [0.2, 0.25) is 0 Å². The Hall–Kier alpha value is -2.97. The molecule has 4 aromatic rings. The van der Waals surface area contributed by atoms with Crippen molar-refractivity contribution < 1.29 is 17.6 Å². The smallest absolute Gasteiger partial charge is 0.260 e. The quantitative estimate of drug-likeness (QED) is 0.492. The van der Waals surface area contributed by atoms with Crippen LogP contribution in [-0.4, -0.2) is 25.6 Å². The van der Waals surface area contributed by atoms with E-state index in [1.165, 1.54) is 28.4 Å². The van der Waals surface area contributed by atoms with E-state index in [0.29, 0.717) is 10.9 Å². The minimum atomic E-state index is -3.42. The van der Waals surface area contributed by atoms with Crippen LogP contribution in [0.1, 0.15) is 16.1 Å². The second kappa shape index (κ2) is 7.21. The number of para-hydroxylation sites is 1. The number of fused-ring (bicyclic) bond motifs is 1. The highest BCUT2D eigenvalue weighted by Gasteiger charge is 2.23. The third-order valence-electron chi connectivity index (χ3n) is 4.16. The first-order valence-electron chi connectivity index (χ1n) is 8.42. The zero-order valence-electron chi connectivity index (χ0n) is 14.9. The Morgan fingerprint density at radius 3 is 2.64 bits per heavy atom. The molecule has 8 heteroatoms. The Bertz CT molecular complexity index is 1210. The van der Waals surface area contributed by atoms with Crippen molar-refractivity contribution in [1.82, 2.24) is 4.98 Å². The number of aromatic nitrogens is 1. The van der Waals surface area contributed by atoms with Crippen molar-refractivity contribution in [1.29, 1.82) is 0 Å². The summed E-state index contributed by atoms with van der Waals surface area (Å²) < 4.78 is 30.1. The standard InChI is InChI=1S/C20H16N2O4S2/c1-28(24,25)16-8-4-6-14(12-16)19(23)22(13-15-7-5-11-26-15)20-21-17-9-2-3-10-18(17)27-20/h2-12H,13H2,1H3. The number of carbonyl (C=O) groups excluding carboxylic acids is 1. The Balaban J connectivity index is 1.77. The SMILES string of the molecule is CS(=O)(=O)c1cccc(C(=O)N(Cc2ccco2)c2nc3ccccc3s2)c1. The first-order chi connectivity index (χ1) is 13.4. The lowest BCUT2D eigenvalue weighted by Gasteiger charge is -2.19. The van der Waals surface area contributed by atoms with Crippen molar-refractivity contribution in [3.8, 4) is 0 Å². The summed E-state index contributed by atoms with van der Waals surface area (Å²) in [6, 6.07) is 17.2. The fourth-order valence-electron chi connectivity index (χ4n) is 2.78. The van der Waals surface area contributed by atoms with Gasteiger partial charge in [-0.25, -0.2) is 13.4 Å². The van der Waals surface area contributed by atoms with E-state index in [1.807, 2.05) is 24.3 Å². The molecule has 28 heavy (non-hydrogen) atoms. The number of thiazole rings is 1. The van der Waals surface area contributed by atoms with Crippen LogP contribution < -0.4 is 4.90 Å². The molecule has 0 spiro atoms. The zero-order chi connectivity index (χ0) is 19.7. The number of anilines is 1. The average Bonchev–Trinajstić information content (AvgIpc) is 3.34. The molecule has 2 aromatic carbocycles. The highest BCUT2D eigenvalue weighted by molar-refractivity contribution is 7.90. The van der Waals surface area contributed by atoms with Crippen molar-refractivity contribution in [3.05, 3.63) is 78.3 Å². The average molecular weight is 412 g/mol. The Morgan fingerprint density at radius 1 is 1.11 bits per heavy atom. The van der Waals surface area contributed by atoms with Crippen LogP contribution in [0.15, 0.2) is 76.2 Å². The third kappa shape index (κ3) is 3.69. The molecule has 0 aliphatic rings. The molecule has 1 amide bonds. The molecule has 0 aliphatic carbocycles. The molecule has 142 valence electrons. The molecule has 0 atom stereocenters. The lowest BCUT2D eigenvalue weighted by molar-refractivity contribution is 0.0983. The fourth-order valence-corrected chi connectivity index (χ4v) is 4.41. The van der Waals surface area contributed by atoms with Gasteiger partial charge in [-0.1, -0.05) is 29.5 Å². The van der Waals surface area contributed by atoms with E-state index in [2.05, 4.69) is 4.98 Å². The summed E-state index contributed by atoms with van der Waals surface area (Å²) in [6.07, 6.45) is 2.66. The Labute approximate surface area is 166 Å². The van der Waals surface area contributed by atoms with Crippen LogP contribution in [0.25, 0.3) is 10.2 Å². The number of carbonyl (C=O) groups is 1. The van der Waals surface area contributed by atoms with Gasteiger partial charge in [0.1, 0.15) is 5.76 Å². The second-order valence-electron chi connectivity index (χ2n) is 6.23. The maximum atomic E-state index is 13.3. The van der Waals surface area contributed by atoms with Gasteiger partial charge in [0.25, 0.3) is 5.91 Å². The summed E-state index contributed by atoms with van der Waals surface area (Å²) in [5, 5.41) is 0.521. The van der Waals surface area contributed by atoms with Gasteiger partial charge in [-0.3, -0.25) is 9.69 Å². The van der Waals surface area contributed by atoms with Crippen LogP contribution in [0, 0.1) is 0 Å². The van der Waals surface area contributed by atoms with Gasteiger partial charge in [0.15, 0.2) is 15.0 Å². The molecule has 6 nitrogen and oxygen atoms in total. The number of amides is 1. The van der Waals surface area contributed by atoms with Gasteiger partial charge in [-0.15, -0.1) is 0 Å². The number of benzene rings is 2. The molecular formula is C20H16N2O4S2. The van der Waals surface area contributed by atoms with Gasteiger partial charge in [0.2, 0.25) is 0 Å². The van der Waals surface area contributed by atoms with Crippen molar-refractivity contribution in [3.63, 3.8) is 0 Å². The van der Waals surface area contributed by atoms with E-state index in [0.717, 1.165) is 16.5 Å². The maximum Gasteiger partial charge on any atom is 0.260 e. The molecule has 0 radical (unpaired) electrons. The van der Waals surface area contributed by atoms with Gasteiger partial charge in [0, 0.05) is 11.8 Å². The molecular weight excluding hydrogens is 396 g/mol. The molecule has 0 saturated carbocycles. The van der Waals surface area contributed by atoms with Crippen LogP contribution in [0.5, 0.6) is 0 Å². The molecule has 0 saturated heterocycles. The molecule has 0 fully saturated rings. The predicted molar refractivity (Wildman–Crippen MR) is 108 cm³/mol. The highest BCUT2D eigenvalue weighted by Crippen LogP contribution is 2.31. The molecule has 2 heterocycles. The third-order valence-corrected chi connectivity index (χ3v) is 6.33. The van der Waals surface area contributed by atoms with Crippen LogP contribution >= 0.6 is 11.3 Å². The van der Waals surface area contributed by atoms with Crippen LogP contribution in [0.4, 0.5) is 5.13 Å². The number of hydrogen-bond donors (Lipinski definition) is 0. The number of furan rings is 1. The van der Waals surface area contributed by atoms with E-state index in [9.17, 15) is 13.2 Å². The maximum absolute atomic E-state index is 13.3. The normalized spacial score (nSPS) is 11.6. The summed E-state index contributed by atoms with van der Waals surface area (Å²) >= 11 is 1.39.